The molecule has 0 bridgehead atoms. The van der Waals surface area contributed by atoms with Crippen LogP contribution in [-0.2, 0) is 6.54 Å². The first kappa shape index (κ1) is 17.1. The summed E-state index contributed by atoms with van der Waals surface area (Å²) in [5, 5.41) is 9.65. The van der Waals surface area contributed by atoms with E-state index in [1.54, 1.807) is 13.4 Å². The maximum Gasteiger partial charge on any atom is 0.150 e. The molecule has 2 heterocycles. The van der Waals surface area contributed by atoms with E-state index in [1.165, 1.54) is 0 Å². The van der Waals surface area contributed by atoms with Crippen molar-refractivity contribution in [2.45, 2.75) is 20.4 Å². The van der Waals surface area contributed by atoms with Crippen molar-refractivity contribution in [3.05, 3.63) is 83.2 Å². The fraction of sp³-hybridized carbons (Fsp3) is 0.182. The van der Waals surface area contributed by atoms with Gasteiger partial charge in [0.15, 0.2) is 5.65 Å². The summed E-state index contributed by atoms with van der Waals surface area (Å²) in [6.07, 6.45) is 1.75. The minimum absolute atomic E-state index is 0.470. The summed E-state index contributed by atoms with van der Waals surface area (Å²) in [5.74, 6) is 0.784. The van der Waals surface area contributed by atoms with Crippen LogP contribution in [0.2, 0.25) is 0 Å². The van der Waals surface area contributed by atoms with Crippen LogP contribution in [-0.4, -0.2) is 21.2 Å². The van der Waals surface area contributed by atoms with E-state index in [4.69, 9.17) is 15.1 Å². The largest absolute Gasteiger partial charge is 0.495 e. The Hall–Kier alpha value is -3.34. The molecule has 2 aromatic carbocycles. The van der Waals surface area contributed by atoms with Gasteiger partial charge in [0.05, 0.1) is 31.1 Å². The quantitative estimate of drug-likeness (QED) is 0.600. The van der Waals surface area contributed by atoms with Gasteiger partial charge in [0, 0.05) is 5.69 Å². The number of nitrogens with one attached hydrogen (secondary N) is 1. The van der Waals surface area contributed by atoms with Gasteiger partial charge in [-0.3, -0.25) is 9.98 Å². The zero-order valence-electron chi connectivity index (χ0n) is 15.7. The fourth-order valence-corrected chi connectivity index (χ4v) is 3.53. The van der Waals surface area contributed by atoms with Crippen LogP contribution in [0.1, 0.15) is 16.8 Å². The number of fused-ring (bicyclic) bond motifs is 1. The second kappa shape index (κ2) is 6.76. The Morgan fingerprint density at radius 2 is 1.70 bits per heavy atom. The average Bonchev–Trinajstić information content (AvgIpc) is 2.96. The third-order valence-corrected chi connectivity index (χ3v) is 5.05. The maximum atomic E-state index is 8.78. The molecule has 5 heteroatoms. The Kier molecular flexibility index (Phi) is 4.28. The van der Waals surface area contributed by atoms with Crippen LogP contribution in [0, 0.1) is 19.3 Å². The molecule has 0 amide bonds. The van der Waals surface area contributed by atoms with Gasteiger partial charge in [-0.15, -0.1) is 0 Å². The van der Waals surface area contributed by atoms with Crippen molar-refractivity contribution in [3.63, 3.8) is 0 Å². The maximum absolute atomic E-state index is 8.78. The van der Waals surface area contributed by atoms with E-state index in [0.29, 0.717) is 12.0 Å². The Labute approximate surface area is 158 Å². The summed E-state index contributed by atoms with van der Waals surface area (Å²) < 4.78 is 9.51. The van der Waals surface area contributed by atoms with Gasteiger partial charge in [0.1, 0.15) is 11.2 Å². The summed E-state index contributed by atoms with van der Waals surface area (Å²) in [7, 11) is 1.67. The van der Waals surface area contributed by atoms with Gasteiger partial charge in [-0.25, -0.2) is 4.98 Å². The SMILES string of the molecule is COc1ccccc1-n1c(C)c(C)c2c(=N)n(Cc3ccccc3)cnc21. The molecule has 0 fully saturated rings. The van der Waals surface area contributed by atoms with Crippen LogP contribution in [0.15, 0.2) is 60.9 Å². The molecule has 0 atom stereocenters. The summed E-state index contributed by atoms with van der Waals surface area (Å²) in [5.41, 5.74) is 5.46. The molecule has 0 aliphatic carbocycles. The summed E-state index contributed by atoms with van der Waals surface area (Å²) in [4.78, 5) is 4.72. The Balaban J connectivity index is 1.93. The van der Waals surface area contributed by atoms with Crippen LogP contribution in [0.3, 0.4) is 0 Å². The molecule has 0 saturated heterocycles. The van der Waals surface area contributed by atoms with Gasteiger partial charge in [-0.05, 0) is 37.1 Å². The van der Waals surface area contributed by atoms with Crippen molar-refractivity contribution in [2.24, 2.45) is 0 Å². The molecule has 2 aromatic heterocycles. The smallest absolute Gasteiger partial charge is 0.150 e. The monoisotopic (exact) mass is 358 g/mol. The highest BCUT2D eigenvalue weighted by Gasteiger charge is 2.18. The van der Waals surface area contributed by atoms with Crippen molar-refractivity contribution in [1.29, 1.82) is 5.41 Å². The van der Waals surface area contributed by atoms with Gasteiger partial charge in [-0.2, -0.15) is 0 Å². The van der Waals surface area contributed by atoms with Crippen molar-refractivity contribution < 1.29 is 4.74 Å². The minimum Gasteiger partial charge on any atom is -0.495 e. The van der Waals surface area contributed by atoms with Crippen LogP contribution in [0.4, 0.5) is 0 Å². The zero-order valence-corrected chi connectivity index (χ0v) is 15.7. The number of methoxy groups -OCH3 is 1. The molecule has 0 aliphatic heterocycles. The van der Waals surface area contributed by atoms with Gasteiger partial charge in [0.25, 0.3) is 0 Å². The molecule has 1 N–H and O–H groups in total. The molecule has 136 valence electrons. The van der Waals surface area contributed by atoms with Gasteiger partial charge >= 0.3 is 0 Å². The fourth-order valence-electron chi connectivity index (χ4n) is 3.53. The third-order valence-electron chi connectivity index (χ3n) is 5.05. The predicted octanol–water partition coefficient (Wildman–Crippen LogP) is 3.98. The Morgan fingerprint density at radius 1 is 1.00 bits per heavy atom. The number of para-hydroxylation sites is 2. The van der Waals surface area contributed by atoms with Crippen molar-refractivity contribution in [1.82, 2.24) is 14.1 Å². The molecule has 0 unspecified atom stereocenters. The molecule has 0 saturated carbocycles. The predicted molar refractivity (Wildman–Crippen MR) is 106 cm³/mol. The van der Waals surface area contributed by atoms with E-state index < -0.39 is 0 Å². The Bertz CT molecular complexity index is 1170. The highest BCUT2D eigenvalue weighted by Crippen LogP contribution is 2.30. The van der Waals surface area contributed by atoms with E-state index in [9.17, 15) is 0 Å². The lowest BCUT2D eigenvalue weighted by atomic mass is 10.2. The molecular weight excluding hydrogens is 336 g/mol. The molecule has 4 rings (SSSR count). The van der Waals surface area contributed by atoms with E-state index >= 15 is 0 Å². The van der Waals surface area contributed by atoms with E-state index in [-0.39, 0.29) is 0 Å². The second-order valence-corrected chi connectivity index (χ2v) is 6.62. The number of nitrogens with zero attached hydrogens (tertiary/aromatic N) is 3. The number of hydrogen-bond donors (Lipinski definition) is 1. The lowest BCUT2D eigenvalue weighted by Gasteiger charge is -2.13. The zero-order chi connectivity index (χ0) is 19.0. The minimum atomic E-state index is 0.470. The number of benzene rings is 2. The lowest BCUT2D eigenvalue weighted by Crippen LogP contribution is -2.21. The van der Waals surface area contributed by atoms with Crippen molar-refractivity contribution >= 4 is 11.0 Å². The molecule has 27 heavy (non-hydrogen) atoms. The molecular formula is C22H22N4O. The van der Waals surface area contributed by atoms with Crippen LogP contribution in [0.25, 0.3) is 16.7 Å². The van der Waals surface area contributed by atoms with Crippen LogP contribution < -0.4 is 10.2 Å². The molecule has 5 nitrogen and oxygen atoms in total. The van der Waals surface area contributed by atoms with E-state index in [0.717, 1.165) is 39.3 Å². The first-order valence-corrected chi connectivity index (χ1v) is 8.90. The third kappa shape index (κ3) is 2.81. The topological polar surface area (TPSA) is 55.8 Å². The molecule has 0 spiro atoms. The summed E-state index contributed by atoms with van der Waals surface area (Å²) in [6, 6.07) is 18.0. The first-order valence-electron chi connectivity index (χ1n) is 8.90. The first-order chi connectivity index (χ1) is 13.1. The van der Waals surface area contributed by atoms with E-state index in [1.807, 2.05) is 47.0 Å². The molecule has 0 radical (unpaired) electrons. The number of rotatable bonds is 4. The molecule has 4 aromatic rings. The number of hydrogen-bond acceptors (Lipinski definition) is 3. The lowest BCUT2D eigenvalue weighted by molar-refractivity contribution is 0.413. The van der Waals surface area contributed by atoms with Gasteiger partial charge < -0.3 is 9.30 Å². The standard InChI is InChI=1S/C22H22N4O/c1-15-16(2)26(18-11-7-8-12-19(18)27-3)22-20(15)21(23)25(14-24-22)13-17-9-5-4-6-10-17/h4-12,14,23H,13H2,1-3H3. The normalized spacial score (nSPS) is 11.1. The van der Waals surface area contributed by atoms with Gasteiger partial charge in [0.2, 0.25) is 0 Å². The summed E-state index contributed by atoms with van der Waals surface area (Å²) in [6.45, 7) is 4.74. The highest BCUT2D eigenvalue weighted by atomic mass is 16.5. The number of ether oxygens (including phenoxy) is 1. The van der Waals surface area contributed by atoms with Gasteiger partial charge in [-0.1, -0.05) is 42.5 Å². The van der Waals surface area contributed by atoms with Crippen LogP contribution in [0.5, 0.6) is 5.75 Å². The average molecular weight is 358 g/mol. The van der Waals surface area contributed by atoms with Crippen molar-refractivity contribution in [2.75, 3.05) is 7.11 Å². The van der Waals surface area contributed by atoms with E-state index in [2.05, 4.69) is 30.5 Å². The highest BCUT2D eigenvalue weighted by molar-refractivity contribution is 5.83. The second-order valence-electron chi connectivity index (χ2n) is 6.62. The van der Waals surface area contributed by atoms with Crippen LogP contribution >= 0.6 is 0 Å². The number of aromatic nitrogens is 3. The number of aryl methyl sites for hydroxylation is 1. The van der Waals surface area contributed by atoms with Crippen molar-refractivity contribution in [3.8, 4) is 11.4 Å². The molecule has 0 aliphatic rings. The Morgan fingerprint density at radius 3 is 2.44 bits per heavy atom. The summed E-state index contributed by atoms with van der Waals surface area (Å²) >= 11 is 0.